The number of rotatable bonds is 6. The normalized spacial score (nSPS) is 9.79. The summed E-state index contributed by atoms with van der Waals surface area (Å²) in [6.45, 7) is 4.73. The summed E-state index contributed by atoms with van der Waals surface area (Å²) in [5.41, 5.74) is 3.98. The van der Waals surface area contributed by atoms with Gasteiger partial charge in [-0.15, -0.1) is 6.58 Å². The number of nitrogens with one attached hydrogen (secondary N) is 1. The zero-order valence-electron chi connectivity index (χ0n) is 8.32. The van der Waals surface area contributed by atoms with Crippen LogP contribution in [0.2, 0.25) is 0 Å². The summed E-state index contributed by atoms with van der Waals surface area (Å²) in [7, 11) is 1.65. The van der Waals surface area contributed by atoms with Crippen LogP contribution < -0.4 is 10.2 Å². The Kier molecular flexibility index (Phi) is 4.75. The van der Waals surface area contributed by atoms with Gasteiger partial charge in [0.15, 0.2) is 0 Å². The Morgan fingerprint density at radius 3 is 2.64 bits per heavy atom. The van der Waals surface area contributed by atoms with E-state index in [1.165, 1.54) is 0 Å². The van der Waals surface area contributed by atoms with Gasteiger partial charge >= 0.3 is 0 Å². The third-order valence-electron chi connectivity index (χ3n) is 1.74. The summed E-state index contributed by atoms with van der Waals surface area (Å²) in [5, 5.41) is 0. The third kappa shape index (κ3) is 3.60. The van der Waals surface area contributed by atoms with E-state index < -0.39 is 0 Å². The van der Waals surface area contributed by atoms with Gasteiger partial charge in [0.1, 0.15) is 5.75 Å². The van der Waals surface area contributed by atoms with Gasteiger partial charge in [0.2, 0.25) is 0 Å². The summed E-state index contributed by atoms with van der Waals surface area (Å²) in [6.07, 6.45) is 1.70. The first-order valence-electron chi connectivity index (χ1n) is 4.45. The van der Waals surface area contributed by atoms with Crippen molar-refractivity contribution in [3.63, 3.8) is 0 Å². The highest BCUT2D eigenvalue weighted by Crippen LogP contribution is 2.10. The minimum Gasteiger partial charge on any atom is -0.497 e. The van der Waals surface area contributed by atoms with Crippen LogP contribution in [0, 0.1) is 0 Å². The highest BCUT2D eigenvalue weighted by molar-refractivity contribution is 5.26. The second-order valence-corrected chi connectivity index (χ2v) is 2.77. The second-order valence-electron chi connectivity index (χ2n) is 2.77. The summed E-state index contributed by atoms with van der Waals surface area (Å²) in [6, 6.07) is 7.82. The van der Waals surface area contributed by atoms with Crippen molar-refractivity contribution in [2.24, 2.45) is 0 Å². The smallest absolute Gasteiger partial charge is 0.118 e. The van der Waals surface area contributed by atoms with E-state index in [4.69, 9.17) is 9.57 Å². The first kappa shape index (κ1) is 10.8. The number of benzene rings is 1. The summed E-state index contributed by atoms with van der Waals surface area (Å²) in [4.78, 5) is 5.04. The Labute approximate surface area is 84.3 Å². The molecule has 0 aliphatic rings. The van der Waals surface area contributed by atoms with Gasteiger partial charge in [-0.1, -0.05) is 18.2 Å². The standard InChI is InChI=1S/C11H15NO2/c1-3-8-14-12-9-10-4-6-11(13-2)7-5-10/h3-7,12H,1,8-9H2,2H3. The molecule has 0 aliphatic heterocycles. The van der Waals surface area contributed by atoms with Gasteiger partial charge in [-0.05, 0) is 17.7 Å². The fraction of sp³-hybridized carbons (Fsp3) is 0.273. The molecule has 0 spiro atoms. The number of ether oxygens (including phenoxy) is 1. The molecule has 0 fully saturated rings. The van der Waals surface area contributed by atoms with Gasteiger partial charge in [0.25, 0.3) is 0 Å². The second kappa shape index (κ2) is 6.18. The van der Waals surface area contributed by atoms with Gasteiger partial charge in [-0.25, -0.2) is 0 Å². The molecule has 76 valence electrons. The van der Waals surface area contributed by atoms with E-state index in [0.29, 0.717) is 13.2 Å². The van der Waals surface area contributed by atoms with E-state index in [2.05, 4.69) is 12.1 Å². The summed E-state index contributed by atoms with van der Waals surface area (Å²) < 4.78 is 5.05. The molecule has 14 heavy (non-hydrogen) atoms. The van der Waals surface area contributed by atoms with Crippen LogP contribution in [-0.2, 0) is 11.4 Å². The Hall–Kier alpha value is -1.32. The molecular formula is C11H15NO2. The van der Waals surface area contributed by atoms with Crippen LogP contribution in [0.5, 0.6) is 5.75 Å². The third-order valence-corrected chi connectivity index (χ3v) is 1.74. The predicted octanol–water partition coefficient (Wildman–Crippen LogP) is 1.90. The van der Waals surface area contributed by atoms with Gasteiger partial charge in [0, 0.05) is 6.54 Å². The van der Waals surface area contributed by atoms with E-state index in [1.54, 1.807) is 13.2 Å². The van der Waals surface area contributed by atoms with Crippen LogP contribution >= 0.6 is 0 Å². The zero-order valence-corrected chi connectivity index (χ0v) is 8.32. The first-order chi connectivity index (χ1) is 6.86. The van der Waals surface area contributed by atoms with Gasteiger partial charge in [0.05, 0.1) is 13.7 Å². The molecule has 0 bridgehead atoms. The minimum absolute atomic E-state index is 0.510. The molecule has 1 aromatic carbocycles. The highest BCUT2D eigenvalue weighted by Gasteiger charge is 1.93. The zero-order chi connectivity index (χ0) is 10.2. The quantitative estimate of drug-likeness (QED) is 0.425. The van der Waals surface area contributed by atoms with Crippen molar-refractivity contribution < 1.29 is 9.57 Å². The molecule has 0 amide bonds. The maximum atomic E-state index is 5.05. The molecule has 0 heterocycles. The molecule has 0 atom stereocenters. The summed E-state index contributed by atoms with van der Waals surface area (Å²) >= 11 is 0. The lowest BCUT2D eigenvalue weighted by Gasteiger charge is -2.04. The molecule has 0 saturated heterocycles. The van der Waals surface area contributed by atoms with Crippen molar-refractivity contribution in [3.8, 4) is 5.75 Å². The molecule has 1 aromatic rings. The lowest BCUT2D eigenvalue weighted by atomic mass is 10.2. The fourth-order valence-corrected chi connectivity index (χ4v) is 0.996. The molecule has 0 aromatic heterocycles. The van der Waals surface area contributed by atoms with Crippen LogP contribution in [0.1, 0.15) is 5.56 Å². The van der Waals surface area contributed by atoms with Crippen molar-refractivity contribution in [1.29, 1.82) is 0 Å². The van der Waals surface area contributed by atoms with E-state index in [9.17, 15) is 0 Å². The van der Waals surface area contributed by atoms with Gasteiger partial charge < -0.3 is 4.74 Å². The maximum Gasteiger partial charge on any atom is 0.118 e. The number of hydrogen-bond donors (Lipinski definition) is 1. The van der Waals surface area contributed by atoms with Crippen molar-refractivity contribution in [3.05, 3.63) is 42.5 Å². The first-order valence-corrected chi connectivity index (χ1v) is 4.45. The predicted molar refractivity (Wildman–Crippen MR) is 56.0 cm³/mol. The molecule has 3 heteroatoms. The van der Waals surface area contributed by atoms with Gasteiger partial charge in [-0.2, -0.15) is 5.48 Å². The molecular weight excluding hydrogens is 178 g/mol. The minimum atomic E-state index is 0.510. The SMILES string of the molecule is C=CCONCc1ccc(OC)cc1. The molecule has 1 rings (SSSR count). The fourth-order valence-electron chi connectivity index (χ4n) is 0.996. The van der Waals surface area contributed by atoms with Crippen LogP contribution in [0.4, 0.5) is 0 Å². The van der Waals surface area contributed by atoms with Crippen molar-refractivity contribution in [1.82, 2.24) is 5.48 Å². The van der Waals surface area contributed by atoms with E-state index in [0.717, 1.165) is 11.3 Å². The Bertz CT molecular complexity index is 269. The number of hydroxylamine groups is 1. The van der Waals surface area contributed by atoms with Crippen LogP contribution in [0.3, 0.4) is 0 Å². The Morgan fingerprint density at radius 1 is 1.36 bits per heavy atom. The van der Waals surface area contributed by atoms with Crippen molar-refractivity contribution >= 4 is 0 Å². The van der Waals surface area contributed by atoms with Crippen molar-refractivity contribution in [2.75, 3.05) is 13.7 Å². The van der Waals surface area contributed by atoms with Gasteiger partial charge in [-0.3, -0.25) is 4.84 Å². The molecule has 0 radical (unpaired) electrons. The lowest BCUT2D eigenvalue weighted by Crippen LogP contribution is -2.13. The number of methoxy groups -OCH3 is 1. The Morgan fingerprint density at radius 2 is 2.07 bits per heavy atom. The lowest BCUT2D eigenvalue weighted by molar-refractivity contribution is 0.0579. The largest absolute Gasteiger partial charge is 0.497 e. The van der Waals surface area contributed by atoms with Crippen molar-refractivity contribution in [2.45, 2.75) is 6.54 Å². The van der Waals surface area contributed by atoms with Crippen LogP contribution in [0.15, 0.2) is 36.9 Å². The summed E-state index contributed by atoms with van der Waals surface area (Å²) in [5.74, 6) is 0.862. The van der Waals surface area contributed by atoms with E-state index in [-0.39, 0.29) is 0 Å². The van der Waals surface area contributed by atoms with E-state index in [1.807, 2.05) is 24.3 Å². The number of hydrogen-bond acceptors (Lipinski definition) is 3. The molecule has 3 nitrogen and oxygen atoms in total. The molecule has 0 saturated carbocycles. The van der Waals surface area contributed by atoms with Crippen LogP contribution in [0.25, 0.3) is 0 Å². The molecule has 0 aliphatic carbocycles. The Balaban J connectivity index is 2.32. The molecule has 1 N–H and O–H groups in total. The topological polar surface area (TPSA) is 30.5 Å². The maximum absolute atomic E-state index is 5.05. The highest BCUT2D eigenvalue weighted by atomic mass is 16.6. The van der Waals surface area contributed by atoms with E-state index >= 15 is 0 Å². The average Bonchev–Trinajstić information content (AvgIpc) is 2.25. The van der Waals surface area contributed by atoms with Crippen LogP contribution in [-0.4, -0.2) is 13.7 Å². The average molecular weight is 193 g/mol. The molecule has 0 unspecified atom stereocenters. The monoisotopic (exact) mass is 193 g/mol.